The van der Waals surface area contributed by atoms with Crippen LogP contribution in [0.4, 0.5) is 5.69 Å². The Bertz CT molecular complexity index is 434. The normalized spacial score (nSPS) is 23.3. The lowest BCUT2D eigenvalue weighted by molar-refractivity contribution is -0.132. The van der Waals surface area contributed by atoms with Gasteiger partial charge in [0.2, 0.25) is 5.91 Å². The third kappa shape index (κ3) is 2.48. The minimum Gasteiger partial charge on any atom is -0.398 e. The molecule has 0 aliphatic carbocycles. The van der Waals surface area contributed by atoms with E-state index in [2.05, 4.69) is 6.92 Å². The highest BCUT2D eigenvalue weighted by atomic mass is 16.3. The number of nitrogens with zero attached hydrogens (tertiary/aromatic N) is 1. The predicted molar refractivity (Wildman–Crippen MR) is 70.9 cm³/mol. The zero-order valence-corrected chi connectivity index (χ0v) is 10.7. The zero-order chi connectivity index (χ0) is 13.1. The number of aliphatic hydroxyl groups is 1. The van der Waals surface area contributed by atoms with Crippen LogP contribution in [0.5, 0.6) is 0 Å². The maximum absolute atomic E-state index is 12.2. The zero-order valence-electron chi connectivity index (χ0n) is 10.7. The van der Waals surface area contributed by atoms with Crippen molar-refractivity contribution in [1.29, 1.82) is 0 Å². The van der Waals surface area contributed by atoms with Gasteiger partial charge in [-0.2, -0.15) is 0 Å². The topological polar surface area (TPSA) is 66.6 Å². The molecule has 2 atom stereocenters. The van der Waals surface area contributed by atoms with Gasteiger partial charge in [0.25, 0.3) is 0 Å². The highest BCUT2D eigenvalue weighted by molar-refractivity contribution is 5.81. The first-order valence-electron chi connectivity index (χ1n) is 6.37. The van der Waals surface area contributed by atoms with E-state index in [0.29, 0.717) is 18.0 Å². The van der Waals surface area contributed by atoms with Gasteiger partial charge in [0.15, 0.2) is 0 Å². The quantitative estimate of drug-likeness (QED) is 0.785. The first kappa shape index (κ1) is 12.9. The number of benzene rings is 1. The van der Waals surface area contributed by atoms with Crippen LogP contribution in [0.15, 0.2) is 24.3 Å². The number of carbonyl (C=O) groups is 1. The van der Waals surface area contributed by atoms with Crippen molar-refractivity contribution in [3.63, 3.8) is 0 Å². The number of aliphatic hydroxyl groups excluding tert-OH is 1. The van der Waals surface area contributed by atoms with E-state index < -0.39 is 0 Å². The maximum atomic E-state index is 12.2. The van der Waals surface area contributed by atoms with Gasteiger partial charge in [-0.1, -0.05) is 25.1 Å². The van der Waals surface area contributed by atoms with Crippen molar-refractivity contribution >= 4 is 11.6 Å². The van der Waals surface area contributed by atoms with E-state index in [9.17, 15) is 9.90 Å². The molecule has 1 saturated heterocycles. The van der Waals surface area contributed by atoms with Crippen LogP contribution in [0.3, 0.4) is 0 Å². The van der Waals surface area contributed by atoms with Gasteiger partial charge >= 0.3 is 0 Å². The number of nitrogens with two attached hydrogens (primary N) is 1. The Morgan fingerprint density at radius 2 is 2.22 bits per heavy atom. The van der Waals surface area contributed by atoms with E-state index in [1.54, 1.807) is 11.0 Å². The van der Waals surface area contributed by atoms with Crippen LogP contribution in [-0.2, 0) is 11.2 Å². The first-order valence-corrected chi connectivity index (χ1v) is 6.37. The average molecular weight is 248 g/mol. The molecule has 1 amide bonds. The number of carbonyl (C=O) groups excluding carboxylic acids is 1. The van der Waals surface area contributed by atoms with Crippen LogP contribution in [0.25, 0.3) is 0 Å². The maximum Gasteiger partial charge on any atom is 0.227 e. The lowest BCUT2D eigenvalue weighted by Crippen LogP contribution is -2.40. The fraction of sp³-hybridized carbons (Fsp3) is 0.500. The van der Waals surface area contributed by atoms with Gasteiger partial charge < -0.3 is 15.7 Å². The van der Waals surface area contributed by atoms with Crippen LogP contribution >= 0.6 is 0 Å². The van der Waals surface area contributed by atoms with E-state index in [1.165, 1.54) is 0 Å². The van der Waals surface area contributed by atoms with Crippen molar-refractivity contribution in [2.75, 3.05) is 18.9 Å². The van der Waals surface area contributed by atoms with E-state index >= 15 is 0 Å². The molecule has 0 radical (unpaired) electrons. The second-order valence-corrected chi connectivity index (χ2v) is 4.98. The van der Waals surface area contributed by atoms with Gasteiger partial charge in [-0.25, -0.2) is 0 Å². The van der Waals surface area contributed by atoms with Crippen LogP contribution in [0, 0.1) is 5.92 Å². The summed E-state index contributed by atoms with van der Waals surface area (Å²) in [5.41, 5.74) is 7.35. The van der Waals surface area contributed by atoms with Crippen molar-refractivity contribution in [3.05, 3.63) is 29.8 Å². The summed E-state index contributed by atoms with van der Waals surface area (Å²) in [4.78, 5) is 14.0. The van der Waals surface area contributed by atoms with Crippen LogP contribution in [0.1, 0.15) is 18.9 Å². The summed E-state index contributed by atoms with van der Waals surface area (Å²) in [5.74, 6) is 0.420. The van der Waals surface area contributed by atoms with E-state index in [0.717, 1.165) is 18.5 Å². The predicted octanol–water partition coefficient (Wildman–Crippen LogP) is 1.04. The summed E-state index contributed by atoms with van der Waals surface area (Å²) in [5, 5.41) is 9.36. The first-order chi connectivity index (χ1) is 8.63. The number of rotatable bonds is 3. The molecule has 1 aliphatic rings. The summed E-state index contributed by atoms with van der Waals surface area (Å²) in [6, 6.07) is 7.38. The Hall–Kier alpha value is -1.55. The number of likely N-dealkylation sites (tertiary alicyclic amines) is 1. The number of anilines is 1. The molecule has 2 unspecified atom stereocenters. The number of hydrogen-bond donors (Lipinski definition) is 2. The van der Waals surface area contributed by atoms with Crippen LogP contribution < -0.4 is 5.73 Å². The second-order valence-electron chi connectivity index (χ2n) is 4.98. The number of para-hydroxylation sites is 1. The molecule has 1 fully saturated rings. The summed E-state index contributed by atoms with van der Waals surface area (Å²) in [6.07, 6.45) is 1.27. The summed E-state index contributed by atoms with van der Waals surface area (Å²) in [6.45, 7) is 2.85. The Labute approximate surface area is 107 Å². The molecule has 18 heavy (non-hydrogen) atoms. The average Bonchev–Trinajstić information content (AvgIpc) is 2.73. The van der Waals surface area contributed by atoms with Gasteiger partial charge in [-0.15, -0.1) is 0 Å². The Balaban J connectivity index is 2.07. The van der Waals surface area contributed by atoms with E-state index in [1.807, 2.05) is 18.2 Å². The molecule has 1 heterocycles. The smallest absolute Gasteiger partial charge is 0.227 e. The molecule has 1 aromatic carbocycles. The van der Waals surface area contributed by atoms with Crippen molar-refractivity contribution < 1.29 is 9.90 Å². The van der Waals surface area contributed by atoms with Gasteiger partial charge in [0.05, 0.1) is 19.1 Å². The molecule has 1 aliphatic heterocycles. The molecule has 98 valence electrons. The lowest BCUT2D eigenvalue weighted by atomic mass is 10.0. The fourth-order valence-electron chi connectivity index (χ4n) is 2.56. The molecule has 1 aromatic rings. The molecule has 4 heteroatoms. The fourth-order valence-corrected chi connectivity index (χ4v) is 2.56. The number of nitrogen functional groups attached to an aromatic ring is 1. The monoisotopic (exact) mass is 248 g/mol. The van der Waals surface area contributed by atoms with Gasteiger partial charge in [0.1, 0.15) is 0 Å². The van der Waals surface area contributed by atoms with Crippen molar-refractivity contribution in [3.8, 4) is 0 Å². The molecule has 0 spiro atoms. The summed E-state index contributed by atoms with van der Waals surface area (Å²) >= 11 is 0. The minimum absolute atomic E-state index is 0.0389. The van der Waals surface area contributed by atoms with E-state index in [-0.39, 0.29) is 18.6 Å². The van der Waals surface area contributed by atoms with Crippen molar-refractivity contribution in [2.24, 2.45) is 5.92 Å². The Kier molecular flexibility index (Phi) is 3.87. The van der Waals surface area contributed by atoms with Gasteiger partial charge in [-0.3, -0.25) is 4.79 Å². The van der Waals surface area contributed by atoms with Crippen LogP contribution in [-0.4, -0.2) is 35.1 Å². The van der Waals surface area contributed by atoms with E-state index in [4.69, 9.17) is 5.73 Å². The molecular weight excluding hydrogens is 228 g/mol. The van der Waals surface area contributed by atoms with Crippen molar-refractivity contribution in [1.82, 2.24) is 4.90 Å². The molecular formula is C14H20N2O2. The summed E-state index contributed by atoms with van der Waals surface area (Å²) in [7, 11) is 0. The highest BCUT2D eigenvalue weighted by Crippen LogP contribution is 2.24. The number of hydrogen-bond acceptors (Lipinski definition) is 3. The molecule has 4 nitrogen and oxygen atoms in total. The van der Waals surface area contributed by atoms with Crippen LogP contribution in [0.2, 0.25) is 0 Å². The molecule has 0 bridgehead atoms. The summed E-state index contributed by atoms with van der Waals surface area (Å²) < 4.78 is 0. The molecule has 0 saturated carbocycles. The molecule has 3 N–H and O–H groups in total. The Morgan fingerprint density at radius 1 is 1.50 bits per heavy atom. The van der Waals surface area contributed by atoms with Gasteiger partial charge in [0, 0.05) is 12.2 Å². The third-order valence-corrected chi connectivity index (χ3v) is 3.79. The number of amides is 1. The SMILES string of the molecule is CC1CCN(C(=O)Cc2ccccc2N)C1CO. The third-order valence-electron chi connectivity index (χ3n) is 3.79. The molecule has 0 aromatic heterocycles. The lowest BCUT2D eigenvalue weighted by Gasteiger charge is -2.25. The minimum atomic E-state index is -0.0394. The molecule has 2 rings (SSSR count). The van der Waals surface area contributed by atoms with Gasteiger partial charge in [-0.05, 0) is 24.0 Å². The Morgan fingerprint density at radius 3 is 2.89 bits per heavy atom. The highest BCUT2D eigenvalue weighted by Gasteiger charge is 2.33. The standard InChI is InChI=1S/C14H20N2O2/c1-10-6-7-16(13(10)9-17)14(18)8-11-4-2-3-5-12(11)15/h2-5,10,13,17H,6-9,15H2,1H3. The largest absolute Gasteiger partial charge is 0.398 e. The van der Waals surface area contributed by atoms with Crippen molar-refractivity contribution in [2.45, 2.75) is 25.8 Å². The second kappa shape index (κ2) is 5.40.